The van der Waals surface area contributed by atoms with Crippen molar-refractivity contribution in [1.82, 2.24) is 19.9 Å². The molecule has 10 nitrogen and oxygen atoms in total. The van der Waals surface area contributed by atoms with E-state index in [0.29, 0.717) is 11.9 Å². The maximum Gasteiger partial charge on any atom is 0.410 e. The first-order valence-electron chi connectivity index (χ1n) is 14.1. The first-order chi connectivity index (χ1) is 21.0. The number of anilines is 1. The lowest BCUT2D eigenvalue weighted by molar-refractivity contribution is 0.0255. The molecule has 0 saturated heterocycles. The van der Waals surface area contributed by atoms with Gasteiger partial charge in [-0.1, -0.05) is 37.6 Å². The van der Waals surface area contributed by atoms with Crippen LogP contribution in [0.3, 0.4) is 0 Å². The number of methoxy groups -OCH3 is 2. The molecular formula is C32H35F2N5O5. The number of hydrogen-bond acceptors (Lipinski definition) is 9. The number of pyridine rings is 1. The third-order valence-electron chi connectivity index (χ3n) is 6.65. The SMILES string of the molecule is CCCCN(CCNc1nc(OC)nc2c(F)c(-c3cccc4ccc(F)c(C#CO)c34)nc(OC)c12)C(=O)OC(C)(C)C. The van der Waals surface area contributed by atoms with E-state index in [-0.39, 0.29) is 63.9 Å². The van der Waals surface area contributed by atoms with Gasteiger partial charge in [0.25, 0.3) is 0 Å². The van der Waals surface area contributed by atoms with Crippen molar-refractivity contribution >= 4 is 33.6 Å². The Labute approximate surface area is 254 Å². The minimum atomic E-state index is -0.831. The van der Waals surface area contributed by atoms with Crippen molar-refractivity contribution in [1.29, 1.82) is 0 Å². The summed E-state index contributed by atoms with van der Waals surface area (Å²) in [6, 6.07) is 7.58. The average Bonchev–Trinajstić information content (AvgIpc) is 2.99. The van der Waals surface area contributed by atoms with Gasteiger partial charge in [-0.05, 0) is 44.6 Å². The van der Waals surface area contributed by atoms with Gasteiger partial charge in [-0.3, -0.25) is 0 Å². The van der Waals surface area contributed by atoms with E-state index < -0.39 is 23.3 Å². The van der Waals surface area contributed by atoms with Crippen molar-refractivity contribution < 1.29 is 32.9 Å². The Morgan fingerprint density at radius 1 is 1.05 bits per heavy atom. The lowest BCUT2D eigenvalue weighted by atomic mass is 9.96. The Balaban J connectivity index is 1.81. The Kier molecular flexibility index (Phi) is 9.88. The van der Waals surface area contributed by atoms with Gasteiger partial charge in [-0.25, -0.2) is 18.6 Å². The number of aliphatic hydroxyl groups excluding tert-OH is 1. The van der Waals surface area contributed by atoms with Crippen molar-refractivity contribution in [2.24, 2.45) is 0 Å². The highest BCUT2D eigenvalue weighted by Crippen LogP contribution is 2.39. The van der Waals surface area contributed by atoms with Gasteiger partial charge in [0.2, 0.25) is 5.88 Å². The Bertz CT molecular complexity index is 1750. The second-order valence-corrected chi connectivity index (χ2v) is 10.9. The highest BCUT2D eigenvalue weighted by molar-refractivity contribution is 6.03. The third kappa shape index (κ3) is 6.83. The smallest absolute Gasteiger partial charge is 0.410 e. The third-order valence-corrected chi connectivity index (χ3v) is 6.65. The van der Waals surface area contributed by atoms with Crippen LogP contribution < -0.4 is 14.8 Å². The van der Waals surface area contributed by atoms with Crippen LogP contribution in [0.25, 0.3) is 32.9 Å². The largest absolute Gasteiger partial charge is 0.480 e. The molecule has 4 rings (SSSR count). The van der Waals surface area contributed by atoms with Gasteiger partial charge in [0, 0.05) is 30.6 Å². The first-order valence-corrected chi connectivity index (χ1v) is 14.1. The molecule has 4 aromatic rings. The molecule has 2 aromatic heterocycles. The minimum Gasteiger partial charge on any atom is -0.480 e. The van der Waals surface area contributed by atoms with Crippen LogP contribution in [0.5, 0.6) is 11.9 Å². The number of ether oxygens (including phenoxy) is 3. The van der Waals surface area contributed by atoms with Gasteiger partial charge in [0.05, 0.1) is 19.8 Å². The number of halogens is 2. The van der Waals surface area contributed by atoms with Gasteiger partial charge >= 0.3 is 12.1 Å². The molecule has 0 atom stereocenters. The van der Waals surface area contributed by atoms with E-state index in [4.69, 9.17) is 14.2 Å². The Morgan fingerprint density at radius 3 is 2.48 bits per heavy atom. The van der Waals surface area contributed by atoms with Crippen LogP contribution in [0.1, 0.15) is 46.1 Å². The topological polar surface area (TPSA) is 119 Å². The lowest BCUT2D eigenvalue weighted by Gasteiger charge is -2.27. The number of aromatic nitrogens is 3. The zero-order valence-electron chi connectivity index (χ0n) is 25.5. The molecule has 0 bridgehead atoms. The molecule has 2 heterocycles. The number of hydrogen-bond donors (Lipinski definition) is 2. The molecule has 44 heavy (non-hydrogen) atoms. The summed E-state index contributed by atoms with van der Waals surface area (Å²) in [5.41, 5.74) is -0.872. The van der Waals surface area contributed by atoms with Gasteiger partial charge in [0.1, 0.15) is 39.9 Å². The lowest BCUT2D eigenvalue weighted by Crippen LogP contribution is -2.40. The molecule has 232 valence electrons. The number of unbranched alkanes of at least 4 members (excludes halogenated alkanes) is 1. The number of aliphatic hydroxyl groups is 1. The maximum atomic E-state index is 16.4. The fourth-order valence-corrected chi connectivity index (χ4v) is 4.67. The number of amides is 1. The van der Waals surface area contributed by atoms with E-state index in [0.717, 1.165) is 12.8 Å². The summed E-state index contributed by atoms with van der Waals surface area (Å²) in [4.78, 5) is 27.5. The van der Waals surface area contributed by atoms with Gasteiger partial charge < -0.3 is 29.5 Å². The molecule has 2 aromatic carbocycles. The summed E-state index contributed by atoms with van der Waals surface area (Å²) in [6.07, 6.45) is 2.98. The monoisotopic (exact) mass is 607 g/mol. The molecule has 0 fully saturated rings. The second kappa shape index (κ2) is 13.6. The highest BCUT2D eigenvalue weighted by Gasteiger charge is 2.26. The van der Waals surface area contributed by atoms with E-state index in [9.17, 15) is 14.3 Å². The second-order valence-electron chi connectivity index (χ2n) is 10.9. The minimum absolute atomic E-state index is 0.000247. The van der Waals surface area contributed by atoms with Gasteiger partial charge in [-0.15, -0.1) is 0 Å². The summed E-state index contributed by atoms with van der Waals surface area (Å²) >= 11 is 0. The molecule has 0 aliphatic heterocycles. The maximum absolute atomic E-state index is 16.4. The fraction of sp³-hybridized carbons (Fsp3) is 0.375. The van der Waals surface area contributed by atoms with Crippen LogP contribution in [-0.4, -0.2) is 70.5 Å². The van der Waals surface area contributed by atoms with Crippen LogP contribution in [0.15, 0.2) is 30.3 Å². The normalized spacial score (nSPS) is 11.2. The summed E-state index contributed by atoms with van der Waals surface area (Å²) in [7, 11) is 2.72. The van der Waals surface area contributed by atoms with Crippen LogP contribution >= 0.6 is 0 Å². The summed E-state index contributed by atoms with van der Waals surface area (Å²) in [5, 5.41) is 13.4. The van der Waals surface area contributed by atoms with Crippen LogP contribution in [0, 0.1) is 23.7 Å². The summed E-state index contributed by atoms with van der Waals surface area (Å²) in [6.45, 7) is 8.45. The predicted octanol–water partition coefficient (Wildman–Crippen LogP) is 6.27. The van der Waals surface area contributed by atoms with Gasteiger partial charge in [-0.2, -0.15) is 9.97 Å². The Hall–Kier alpha value is -4.92. The van der Waals surface area contributed by atoms with Crippen molar-refractivity contribution in [2.75, 3.05) is 39.2 Å². The van der Waals surface area contributed by atoms with Crippen molar-refractivity contribution in [2.45, 2.75) is 46.1 Å². The molecule has 0 aliphatic carbocycles. The molecule has 0 aliphatic rings. The molecule has 0 saturated carbocycles. The molecular weight excluding hydrogens is 572 g/mol. The number of carbonyl (C=O) groups is 1. The number of carbonyl (C=O) groups excluding carboxylic acids is 1. The van der Waals surface area contributed by atoms with E-state index in [1.165, 1.54) is 26.4 Å². The van der Waals surface area contributed by atoms with Crippen molar-refractivity contribution in [3.05, 3.63) is 47.5 Å². The van der Waals surface area contributed by atoms with E-state index >= 15 is 4.39 Å². The van der Waals surface area contributed by atoms with Crippen molar-refractivity contribution in [3.8, 4) is 35.2 Å². The predicted molar refractivity (Wildman–Crippen MR) is 163 cm³/mol. The van der Waals surface area contributed by atoms with E-state index in [1.54, 1.807) is 50.0 Å². The number of fused-ring (bicyclic) bond motifs is 2. The van der Waals surface area contributed by atoms with Crippen LogP contribution in [-0.2, 0) is 4.74 Å². The van der Waals surface area contributed by atoms with E-state index in [2.05, 4.69) is 26.2 Å². The molecule has 0 radical (unpaired) electrons. The quantitative estimate of drug-likeness (QED) is 0.201. The zero-order chi connectivity index (χ0) is 32.0. The van der Waals surface area contributed by atoms with Gasteiger partial charge in [0.15, 0.2) is 5.82 Å². The standard InChI is InChI=1S/C32H35F2N5O5/c1-7-8-16-39(31(41)44-32(2,3)4)17-15-35-28-24-27(37-30(38-28)43-6)25(34)26(36-29(24)42-5)21-11-9-10-19-12-13-22(33)20(14-18-40)23(19)21/h9-13,40H,7-8,15-17H2,1-6H3,(H,35,37,38). The molecule has 0 unspecified atom stereocenters. The number of rotatable bonds is 10. The summed E-state index contributed by atoms with van der Waals surface area (Å²) in [5.74, 6) is 1.02. The molecule has 1 amide bonds. The Morgan fingerprint density at radius 2 is 1.82 bits per heavy atom. The average molecular weight is 608 g/mol. The van der Waals surface area contributed by atoms with E-state index in [1.807, 2.05) is 6.92 Å². The number of nitrogens with zero attached hydrogens (tertiary/aromatic N) is 4. The first kappa shape index (κ1) is 32.0. The highest BCUT2D eigenvalue weighted by atomic mass is 19.1. The molecule has 0 spiro atoms. The zero-order valence-corrected chi connectivity index (χ0v) is 25.5. The number of nitrogens with one attached hydrogen (secondary N) is 1. The fourth-order valence-electron chi connectivity index (χ4n) is 4.67. The molecule has 12 heteroatoms. The summed E-state index contributed by atoms with van der Waals surface area (Å²) < 4.78 is 47.6. The molecule has 2 N–H and O–H groups in total. The van der Waals surface area contributed by atoms with Crippen molar-refractivity contribution in [3.63, 3.8) is 0 Å². The van der Waals surface area contributed by atoms with Crippen LogP contribution in [0.4, 0.5) is 19.4 Å². The van der Waals surface area contributed by atoms with Crippen LogP contribution in [0.2, 0.25) is 0 Å². The number of benzene rings is 2.